The summed E-state index contributed by atoms with van der Waals surface area (Å²) in [5, 5.41) is 7.46. The van der Waals surface area contributed by atoms with Crippen LogP contribution < -0.4 is 5.32 Å². The summed E-state index contributed by atoms with van der Waals surface area (Å²) in [6.45, 7) is 7.45. The molecule has 32 heavy (non-hydrogen) atoms. The Hall–Kier alpha value is -2.94. The standard InChI is InChI=1S/C24H28N4O4/c1-16-5-6-20(8-17(16)2)28-11-18(9-25-28)10-27-12-22-23(13-27)32-15-19(14-31-22)26-24(29)21-4-3-7-30-21/h3-9,11,19,22-23H,10,12-15H2,1-2H3,(H,26,29)/t22-,23-/m0/s1. The van der Waals surface area contributed by atoms with Crippen LogP contribution in [0.2, 0.25) is 0 Å². The van der Waals surface area contributed by atoms with Gasteiger partial charge in [-0.1, -0.05) is 6.07 Å². The number of likely N-dealkylation sites (tertiary alicyclic amines) is 1. The van der Waals surface area contributed by atoms with Crippen LogP contribution in [0.4, 0.5) is 0 Å². The summed E-state index contributed by atoms with van der Waals surface area (Å²) in [7, 11) is 0. The minimum Gasteiger partial charge on any atom is -0.459 e. The molecule has 2 aliphatic heterocycles. The average molecular weight is 437 g/mol. The Labute approximate surface area is 187 Å². The van der Waals surface area contributed by atoms with Gasteiger partial charge in [-0.25, -0.2) is 4.68 Å². The summed E-state index contributed by atoms with van der Waals surface area (Å²) < 4.78 is 19.3. The van der Waals surface area contributed by atoms with E-state index in [4.69, 9.17) is 13.9 Å². The highest BCUT2D eigenvalue weighted by molar-refractivity contribution is 5.91. The first-order valence-corrected chi connectivity index (χ1v) is 11.0. The number of ether oxygens (including phenoxy) is 2. The summed E-state index contributed by atoms with van der Waals surface area (Å²) in [6.07, 6.45) is 5.48. The van der Waals surface area contributed by atoms with Crippen LogP contribution in [0.5, 0.6) is 0 Å². The van der Waals surface area contributed by atoms with Crippen molar-refractivity contribution in [3.8, 4) is 5.69 Å². The van der Waals surface area contributed by atoms with Gasteiger partial charge in [-0.15, -0.1) is 0 Å². The highest BCUT2D eigenvalue weighted by Gasteiger charge is 2.37. The number of benzene rings is 1. The molecule has 8 heteroatoms. The number of carbonyl (C=O) groups excluding carboxylic acids is 1. The quantitative estimate of drug-likeness (QED) is 0.662. The number of hydrogen-bond donors (Lipinski definition) is 1. The molecule has 2 saturated heterocycles. The summed E-state index contributed by atoms with van der Waals surface area (Å²) >= 11 is 0. The van der Waals surface area contributed by atoms with Crippen LogP contribution in [0, 0.1) is 13.8 Å². The number of rotatable bonds is 5. The zero-order valence-corrected chi connectivity index (χ0v) is 18.4. The molecule has 8 nitrogen and oxygen atoms in total. The molecule has 2 atom stereocenters. The van der Waals surface area contributed by atoms with E-state index in [9.17, 15) is 4.79 Å². The number of aromatic nitrogens is 2. The van der Waals surface area contributed by atoms with Crippen molar-refractivity contribution >= 4 is 5.91 Å². The van der Waals surface area contributed by atoms with Gasteiger partial charge in [0.2, 0.25) is 0 Å². The number of carbonyl (C=O) groups is 1. The Bertz CT molecular complexity index is 1060. The fourth-order valence-electron chi connectivity index (χ4n) is 4.25. The van der Waals surface area contributed by atoms with Crippen molar-refractivity contribution < 1.29 is 18.7 Å². The molecule has 2 fully saturated rings. The number of aryl methyl sites for hydroxylation is 2. The molecule has 3 aromatic rings. The monoisotopic (exact) mass is 436 g/mol. The lowest BCUT2D eigenvalue weighted by Gasteiger charge is -2.18. The van der Waals surface area contributed by atoms with Gasteiger partial charge in [-0.3, -0.25) is 9.69 Å². The van der Waals surface area contributed by atoms with E-state index in [2.05, 4.69) is 53.6 Å². The molecule has 2 aliphatic rings. The second-order valence-electron chi connectivity index (χ2n) is 8.65. The van der Waals surface area contributed by atoms with Crippen molar-refractivity contribution in [1.82, 2.24) is 20.0 Å². The van der Waals surface area contributed by atoms with E-state index in [0.717, 1.165) is 30.9 Å². The molecule has 1 amide bonds. The summed E-state index contributed by atoms with van der Waals surface area (Å²) in [5.41, 5.74) is 4.76. The van der Waals surface area contributed by atoms with Gasteiger partial charge in [0.05, 0.1) is 49.6 Å². The smallest absolute Gasteiger partial charge is 0.287 e. The third-order valence-corrected chi connectivity index (χ3v) is 6.19. The van der Waals surface area contributed by atoms with Crippen LogP contribution in [-0.4, -0.2) is 65.1 Å². The highest BCUT2D eigenvalue weighted by Crippen LogP contribution is 2.22. The number of hydrogen-bond acceptors (Lipinski definition) is 6. The molecule has 168 valence electrons. The van der Waals surface area contributed by atoms with Crippen LogP contribution in [0.25, 0.3) is 5.69 Å². The van der Waals surface area contributed by atoms with E-state index >= 15 is 0 Å². The van der Waals surface area contributed by atoms with Gasteiger partial charge in [-0.2, -0.15) is 5.10 Å². The van der Waals surface area contributed by atoms with Crippen molar-refractivity contribution in [3.63, 3.8) is 0 Å². The van der Waals surface area contributed by atoms with Gasteiger partial charge in [0.15, 0.2) is 5.76 Å². The summed E-state index contributed by atoms with van der Waals surface area (Å²) in [6, 6.07) is 9.52. The van der Waals surface area contributed by atoms with E-state index in [1.165, 1.54) is 17.4 Å². The molecule has 2 aromatic heterocycles. The van der Waals surface area contributed by atoms with Crippen LogP contribution in [-0.2, 0) is 16.0 Å². The zero-order chi connectivity index (χ0) is 22.1. The van der Waals surface area contributed by atoms with Crippen molar-refractivity contribution in [2.75, 3.05) is 26.3 Å². The number of nitrogens with one attached hydrogen (secondary N) is 1. The maximum atomic E-state index is 12.2. The Morgan fingerprint density at radius 1 is 1.12 bits per heavy atom. The lowest BCUT2D eigenvalue weighted by molar-refractivity contribution is -0.00461. The molecule has 1 N–H and O–H groups in total. The second kappa shape index (κ2) is 8.90. The molecule has 0 aliphatic carbocycles. The fourth-order valence-corrected chi connectivity index (χ4v) is 4.25. The topological polar surface area (TPSA) is 81.8 Å². The maximum absolute atomic E-state index is 12.2. The normalized spacial score (nSPS) is 21.9. The maximum Gasteiger partial charge on any atom is 0.287 e. The Kier molecular flexibility index (Phi) is 5.82. The van der Waals surface area contributed by atoms with E-state index in [1.807, 2.05) is 10.9 Å². The molecule has 0 spiro atoms. The lowest BCUT2D eigenvalue weighted by Crippen LogP contribution is -2.41. The number of fused-ring (bicyclic) bond motifs is 1. The van der Waals surface area contributed by atoms with Gasteiger partial charge < -0.3 is 19.2 Å². The van der Waals surface area contributed by atoms with Crippen molar-refractivity contribution in [2.45, 2.75) is 38.6 Å². The molecule has 0 unspecified atom stereocenters. The van der Waals surface area contributed by atoms with Gasteiger partial charge >= 0.3 is 0 Å². The number of nitrogens with zero attached hydrogens (tertiary/aromatic N) is 3. The Morgan fingerprint density at radius 3 is 2.59 bits per heavy atom. The average Bonchev–Trinajstić information content (AvgIpc) is 3.52. The predicted octanol–water partition coefficient (Wildman–Crippen LogP) is 2.48. The van der Waals surface area contributed by atoms with Crippen LogP contribution in [0.3, 0.4) is 0 Å². The molecule has 0 bridgehead atoms. The van der Waals surface area contributed by atoms with Gasteiger partial charge in [0, 0.05) is 31.4 Å². The third-order valence-electron chi connectivity index (χ3n) is 6.19. The molecule has 0 saturated carbocycles. The van der Waals surface area contributed by atoms with E-state index < -0.39 is 0 Å². The fraction of sp³-hybridized carbons (Fsp3) is 0.417. The molecule has 4 heterocycles. The van der Waals surface area contributed by atoms with Gasteiger partial charge in [-0.05, 0) is 49.2 Å². The minimum absolute atomic E-state index is 0.00434. The van der Waals surface area contributed by atoms with Crippen LogP contribution in [0.1, 0.15) is 27.2 Å². The third kappa shape index (κ3) is 4.48. The largest absolute Gasteiger partial charge is 0.459 e. The molecule has 1 aromatic carbocycles. The summed E-state index contributed by atoms with van der Waals surface area (Å²) in [5.74, 6) is 0.0450. The minimum atomic E-state index is -0.248. The van der Waals surface area contributed by atoms with Crippen LogP contribution in [0.15, 0.2) is 53.4 Å². The summed E-state index contributed by atoms with van der Waals surface area (Å²) in [4.78, 5) is 14.5. The van der Waals surface area contributed by atoms with Crippen molar-refractivity contribution in [2.24, 2.45) is 0 Å². The second-order valence-corrected chi connectivity index (χ2v) is 8.65. The Balaban J connectivity index is 1.15. The number of furan rings is 1. The number of amides is 1. The molecule has 0 radical (unpaired) electrons. The highest BCUT2D eigenvalue weighted by atomic mass is 16.6. The zero-order valence-electron chi connectivity index (χ0n) is 18.4. The van der Waals surface area contributed by atoms with Gasteiger partial charge in [0.1, 0.15) is 0 Å². The van der Waals surface area contributed by atoms with E-state index in [1.54, 1.807) is 12.1 Å². The Morgan fingerprint density at radius 2 is 1.91 bits per heavy atom. The van der Waals surface area contributed by atoms with Gasteiger partial charge in [0.25, 0.3) is 5.91 Å². The van der Waals surface area contributed by atoms with Crippen LogP contribution >= 0.6 is 0 Å². The van der Waals surface area contributed by atoms with Crippen molar-refractivity contribution in [3.05, 3.63) is 71.4 Å². The SMILES string of the molecule is Cc1ccc(-n2cc(CN3C[C@@H]4OCC(NC(=O)c5ccco5)CO[C@H]4C3)cn2)cc1C. The first kappa shape index (κ1) is 20.9. The first-order valence-electron chi connectivity index (χ1n) is 11.0. The van der Waals surface area contributed by atoms with E-state index in [0.29, 0.717) is 19.0 Å². The predicted molar refractivity (Wildman–Crippen MR) is 118 cm³/mol. The molecular weight excluding hydrogens is 408 g/mol. The lowest BCUT2D eigenvalue weighted by atomic mass is 10.1. The molecular formula is C24H28N4O4. The first-order chi connectivity index (χ1) is 15.5. The van der Waals surface area contributed by atoms with E-state index in [-0.39, 0.29) is 24.2 Å². The van der Waals surface area contributed by atoms with Crippen molar-refractivity contribution in [1.29, 1.82) is 0 Å². The molecule has 5 rings (SSSR count).